The number of carbonyl (C=O) groups is 1. The molecule has 3 heteroatoms. The Morgan fingerprint density at radius 1 is 1.64 bits per heavy atom. The molecule has 1 aliphatic carbocycles. The molecule has 0 aromatic rings. The molecular weight excluding hydrogens is 140 g/mol. The molecular formula is C8H12N2O. The van der Waals surface area contributed by atoms with Crippen molar-refractivity contribution in [2.75, 3.05) is 0 Å². The summed E-state index contributed by atoms with van der Waals surface area (Å²) < 4.78 is 0. The summed E-state index contributed by atoms with van der Waals surface area (Å²) in [5.74, 6) is 0.734. The van der Waals surface area contributed by atoms with Gasteiger partial charge in [0.05, 0.1) is 0 Å². The average molecular weight is 152 g/mol. The van der Waals surface area contributed by atoms with Crippen molar-refractivity contribution in [3.63, 3.8) is 0 Å². The Bertz CT molecular complexity index is 179. The third-order valence-electron chi connectivity index (χ3n) is 1.91. The molecule has 0 radical (unpaired) electrons. The van der Waals surface area contributed by atoms with Gasteiger partial charge in [0, 0.05) is 6.42 Å². The van der Waals surface area contributed by atoms with E-state index >= 15 is 0 Å². The van der Waals surface area contributed by atoms with Gasteiger partial charge in [-0.3, -0.25) is 10.1 Å². The first-order valence-corrected chi connectivity index (χ1v) is 4.01. The second kappa shape index (κ2) is 3.97. The van der Waals surface area contributed by atoms with Crippen LogP contribution in [0.5, 0.6) is 0 Å². The van der Waals surface area contributed by atoms with Crippen molar-refractivity contribution in [1.29, 1.82) is 5.26 Å². The predicted octanol–water partition coefficient (Wildman–Crippen LogP) is 1.16. The maximum Gasteiger partial charge on any atom is 0.232 e. The Morgan fingerprint density at radius 3 is 2.91 bits per heavy atom. The van der Waals surface area contributed by atoms with E-state index in [0.29, 0.717) is 6.42 Å². The summed E-state index contributed by atoms with van der Waals surface area (Å²) in [5, 5.41) is 10.2. The first-order valence-electron chi connectivity index (χ1n) is 4.01. The van der Waals surface area contributed by atoms with Gasteiger partial charge < -0.3 is 0 Å². The van der Waals surface area contributed by atoms with Gasteiger partial charge in [0.2, 0.25) is 5.91 Å². The Balaban J connectivity index is 1.93. The molecule has 0 bridgehead atoms. The van der Waals surface area contributed by atoms with Crippen LogP contribution in [0.25, 0.3) is 0 Å². The van der Waals surface area contributed by atoms with Crippen LogP contribution in [0.2, 0.25) is 0 Å². The van der Waals surface area contributed by atoms with Crippen molar-refractivity contribution in [1.82, 2.24) is 5.32 Å². The highest BCUT2D eigenvalue weighted by molar-refractivity contribution is 5.77. The van der Waals surface area contributed by atoms with Crippen molar-refractivity contribution < 1.29 is 4.79 Å². The molecule has 0 saturated heterocycles. The molecule has 3 nitrogen and oxygen atoms in total. The summed E-state index contributed by atoms with van der Waals surface area (Å²) in [6.07, 6.45) is 6.87. The predicted molar refractivity (Wildman–Crippen MR) is 40.3 cm³/mol. The van der Waals surface area contributed by atoms with Gasteiger partial charge in [-0.1, -0.05) is 12.8 Å². The maximum absolute atomic E-state index is 10.7. The molecule has 60 valence electrons. The number of hydrogen-bond donors (Lipinski definition) is 1. The van der Waals surface area contributed by atoms with Crippen LogP contribution in [0.3, 0.4) is 0 Å². The van der Waals surface area contributed by atoms with Gasteiger partial charge in [0.25, 0.3) is 0 Å². The van der Waals surface area contributed by atoms with E-state index in [1.807, 2.05) is 0 Å². The van der Waals surface area contributed by atoms with E-state index in [2.05, 4.69) is 5.32 Å². The number of carbonyl (C=O) groups excluding carboxylic acids is 1. The third-order valence-corrected chi connectivity index (χ3v) is 1.91. The van der Waals surface area contributed by atoms with Crippen LogP contribution in [-0.2, 0) is 4.79 Å². The Labute approximate surface area is 66.4 Å². The largest absolute Gasteiger partial charge is 0.274 e. The van der Waals surface area contributed by atoms with Crippen LogP contribution in [0.1, 0.15) is 32.1 Å². The van der Waals surface area contributed by atoms with Gasteiger partial charge in [-0.15, -0.1) is 0 Å². The molecule has 0 aliphatic heterocycles. The molecule has 0 aromatic carbocycles. The minimum Gasteiger partial charge on any atom is -0.274 e. The van der Waals surface area contributed by atoms with E-state index in [-0.39, 0.29) is 5.91 Å². The molecule has 0 atom stereocenters. The lowest BCUT2D eigenvalue weighted by atomic mass is 10.2. The summed E-state index contributed by atoms with van der Waals surface area (Å²) >= 11 is 0. The number of amides is 1. The van der Waals surface area contributed by atoms with Crippen molar-refractivity contribution in [3.8, 4) is 6.19 Å². The molecule has 1 rings (SSSR count). The van der Waals surface area contributed by atoms with E-state index in [9.17, 15) is 4.79 Å². The van der Waals surface area contributed by atoms with Crippen LogP contribution in [0.4, 0.5) is 0 Å². The van der Waals surface area contributed by atoms with Gasteiger partial charge in [0.1, 0.15) is 0 Å². The Morgan fingerprint density at radius 2 is 2.36 bits per heavy atom. The minimum atomic E-state index is -0.145. The molecule has 1 fully saturated rings. The fourth-order valence-corrected chi connectivity index (χ4v) is 1.08. The minimum absolute atomic E-state index is 0.145. The second-order valence-electron chi connectivity index (χ2n) is 3.00. The molecule has 0 heterocycles. The summed E-state index contributed by atoms with van der Waals surface area (Å²) in [6, 6.07) is 0. The third kappa shape index (κ3) is 3.61. The van der Waals surface area contributed by atoms with Crippen LogP contribution >= 0.6 is 0 Å². The van der Waals surface area contributed by atoms with Gasteiger partial charge in [-0.05, 0) is 18.8 Å². The van der Waals surface area contributed by atoms with E-state index in [1.165, 1.54) is 12.8 Å². The summed E-state index contributed by atoms with van der Waals surface area (Å²) in [6.45, 7) is 0. The summed E-state index contributed by atoms with van der Waals surface area (Å²) in [4.78, 5) is 10.7. The normalized spacial score (nSPS) is 15.5. The van der Waals surface area contributed by atoms with E-state index < -0.39 is 0 Å². The Hall–Kier alpha value is -1.04. The van der Waals surface area contributed by atoms with Crippen LogP contribution < -0.4 is 5.32 Å². The van der Waals surface area contributed by atoms with Crippen LogP contribution in [-0.4, -0.2) is 5.91 Å². The average Bonchev–Trinajstić information content (AvgIpc) is 2.72. The maximum atomic E-state index is 10.7. The zero-order valence-electron chi connectivity index (χ0n) is 6.47. The molecule has 0 unspecified atom stereocenters. The number of hydrogen-bond acceptors (Lipinski definition) is 2. The molecule has 1 N–H and O–H groups in total. The topological polar surface area (TPSA) is 52.9 Å². The molecule has 0 aromatic heterocycles. The van der Waals surface area contributed by atoms with Crippen molar-refractivity contribution in [2.24, 2.45) is 5.92 Å². The fraction of sp³-hybridized carbons (Fsp3) is 0.750. The first-order chi connectivity index (χ1) is 5.33. The zero-order valence-corrected chi connectivity index (χ0v) is 6.47. The van der Waals surface area contributed by atoms with E-state index in [0.717, 1.165) is 18.8 Å². The number of nitrogens with zero attached hydrogens (tertiary/aromatic N) is 1. The highest BCUT2D eigenvalue weighted by Gasteiger charge is 2.20. The lowest BCUT2D eigenvalue weighted by Gasteiger charge is -1.95. The zero-order chi connectivity index (χ0) is 8.10. The highest BCUT2D eigenvalue weighted by Crippen LogP contribution is 2.33. The van der Waals surface area contributed by atoms with Gasteiger partial charge in [-0.2, -0.15) is 5.26 Å². The number of nitrogens with one attached hydrogen (secondary N) is 1. The smallest absolute Gasteiger partial charge is 0.232 e. The SMILES string of the molecule is N#CNC(=O)CCCC1CC1. The van der Waals surface area contributed by atoms with Crippen molar-refractivity contribution in [3.05, 3.63) is 0 Å². The monoisotopic (exact) mass is 152 g/mol. The van der Waals surface area contributed by atoms with E-state index in [1.54, 1.807) is 6.19 Å². The standard InChI is InChI=1S/C8H12N2O/c9-6-10-8(11)3-1-2-7-4-5-7/h7H,1-5H2,(H,10,11). The lowest BCUT2D eigenvalue weighted by Crippen LogP contribution is -2.16. The second-order valence-corrected chi connectivity index (χ2v) is 3.00. The van der Waals surface area contributed by atoms with Crippen LogP contribution in [0.15, 0.2) is 0 Å². The Kier molecular flexibility index (Phi) is 2.91. The summed E-state index contributed by atoms with van der Waals surface area (Å²) in [7, 11) is 0. The lowest BCUT2D eigenvalue weighted by molar-refractivity contribution is -0.120. The van der Waals surface area contributed by atoms with Gasteiger partial charge in [0.15, 0.2) is 6.19 Å². The molecule has 0 spiro atoms. The fourth-order valence-electron chi connectivity index (χ4n) is 1.08. The molecule has 1 amide bonds. The quantitative estimate of drug-likeness (QED) is 0.485. The van der Waals surface area contributed by atoms with Crippen molar-refractivity contribution in [2.45, 2.75) is 32.1 Å². The molecule has 11 heavy (non-hydrogen) atoms. The number of nitriles is 1. The summed E-state index contributed by atoms with van der Waals surface area (Å²) in [5.41, 5.74) is 0. The van der Waals surface area contributed by atoms with Gasteiger partial charge >= 0.3 is 0 Å². The van der Waals surface area contributed by atoms with Crippen molar-refractivity contribution >= 4 is 5.91 Å². The number of rotatable bonds is 4. The van der Waals surface area contributed by atoms with Crippen LogP contribution in [0, 0.1) is 17.4 Å². The molecule has 1 saturated carbocycles. The highest BCUT2D eigenvalue weighted by atomic mass is 16.1. The van der Waals surface area contributed by atoms with E-state index in [4.69, 9.17) is 5.26 Å². The van der Waals surface area contributed by atoms with Gasteiger partial charge in [-0.25, -0.2) is 0 Å². The molecule has 1 aliphatic rings. The first kappa shape index (κ1) is 8.06.